The molecule has 27 heavy (non-hydrogen) atoms. The topological polar surface area (TPSA) is 63.8 Å². The zero-order valence-electron chi connectivity index (χ0n) is 13.9. The lowest BCUT2D eigenvalue weighted by Gasteiger charge is -2.34. The van der Waals surface area contributed by atoms with Gasteiger partial charge in [0.15, 0.2) is 5.79 Å². The third-order valence-corrected chi connectivity index (χ3v) is 5.10. The van der Waals surface area contributed by atoms with Crippen molar-refractivity contribution < 1.29 is 27.4 Å². The Morgan fingerprint density at radius 3 is 2.67 bits per heavy atom. The SMILES string of the molecule is N#Cc1ccccc1OC1=C2N=CC(SC(F)(F)F)=C2C2(CC1)OCCO2. The Bertz CT molecular complexity index is 909. The fraction of sp³-hybridized carbons (Fsp3) is 0.333. The first-order valence-corrected chi connectivity index (χ1v) is 8.96. The molecule has 0 N–H and O–H groups in total. The van der Waals surface area contributed by atoms with Gasteiger partial charge in [-0.25, -0.2) is 0 Å². The summed E-state index contributed by atoms with van der Waals surface area (Å²) in [5.41, 5.74) is -3.60. The van der Waals surface area contributed by atoms with Crippen molar-refractivity contribution in [2.75, 3.05) is 13.2 Å². The number of nitriles is 1. The van der Waals surface area contributed by atoms with Gasteiger partial charge in [0.2, 0.25) is 0 Å². The van der Waals surface area contributed by atoms with Gasteiger partial charge in [0.25, 0.3) is 0 Å². The normalized spacial score (nSPS) is 21.0. The standard InChI is InChI=1S/C18H13F3N2O3S/c19-18(20,21)27-14-10-23-16-13(26-12-4-2-1-3-11(12)9-22)5-6-17(15(14)16)24-7-8-25-17/h1-4,10H,5-8H2. The number of halogens is 3. The average molecular weight is 394 g/mol. The number of benzene rings is 1. The maximum absolute atomic E-state index is 13.0. The van der Waals surface area contributed by atoms with E-state index in [2.05, 4.69) is 4.99 Å². The van der Waals surface area contributed by atoms with Gasteiger partial charge in [0.05, 0.1) is 24.4 Å². The number of nitrogens with zero attached hydrogens (tertiary/aromatic N) is 2. The highest BCUT2D eigenvalue weighted by Crippen LogP contribution is 2.51. The predicted molar refractivity (Wildman–Crippen MR) is 91.8 cm³/mol. The highest BCUT2D eigenvalue weighted by molar-refractivity contribution is 8.04. The number of aliphatic imine (C=N–C) groups is 1. The Kier molecular flexibility index (Phi) is 4.50. The highest BCUT2D eigenvalue weighted by atomic mass is 32.2. The van der Waals surface area contributed by atoms with Crippen LogP contribution in [0.15, 0.2) is 51.2 Å². The van der Waals surface area contributed by atoms with Crippen LogP contribution >= 0.6 is 11.8 Å². The molecule has 1 fully saturated rings. The molecule has 0 atom stereocenters. The second-order valence-electron chi connectivity index (χ2n) is 5.98. The van der Waals surface area contributed by atoms with E-state index in [1.165, 1.54) is 6.21 Å². The Morgan fingerprint density at radius 2 is 1.96 bits per heavy atom. The number of ether oxygens (including phenoxy) is 3. The third kappa shape index (κ3) is 3.36. The second-order valence-corrected chi connectivity index (χ2v) is 7.08. The molecule has 0 unspecified atom stereocenters. The van der Waals surface area contributed by atoms with Crippen LogP contribution in [0.4, 0.5) is 13.2 Å². The quantitative estimate of drug-likeness (QED) is 0.766. The molecular formula is C18H13F3N2O3S. The van der Waals surface area contributed by atoms with Crippen LogP contribution in [0, 0.1) is 11.3 Å². The summed E-state index contributed by atoms with van der Waals surface area (Å²) in [5, 5.41) is 9.22. The zero-order valence-corrected chi connectivity index (χ0v) is 14.7. The molecule has 5 nitrogen and oxygen atoms in total. The number of hydrogen-bond acceptors (Lipinski definition) is 6. The highest BCUT2D eigenvalue weighted by Gasteiger charge is 2.50. The number of fused-ring (bicyclic) bond motifs is 2. The maximum Gasteiger partial charge on any atom is 0.446 e. The van der Waals surface area contributed by atoms with Gasteiger partial charge in [-0.05, 0) is 23.9 Å². The van der Waals surface area contributed by atoms with Gasteiger partial charge in [0.1, 0.15) is 23.3 Å². The Hall–Kier alpha value is -2.28. The summed E-state index contributed by atoms with van der Waals surface area (Å²) >= 11 is -0.245. The van der Waals surface area contributed by atoms with E-state index >= 15 is 0 Å². The van der Waals surface area contributed by atoms with Gasteiger partial charge in [-0.1, -0.05) is 12.1 Å². The molecule has 1 saturated heterocycles. The monoisotopic (exact) mass is 394 g/mol. The van der Waals surface area contributed by atoms with E-state index < -0.39 is 11.3 Å². The number of allylic oxidation sites excluding steroid dienone is 2. The lowest BCUT2D eigenvalue weighted by Crippen LogP contribution is -2.37. The summed E-state index contributed by atoms with van der Waals surface area (Å²) in [4.78, 5) is 4.11. The van der Waals surface area contributed by atoms with E-state index in [1.54, 1.807) is 24.3 Å². The van der Waals surface area contributed by atoms with Crippen molar-refractivity contribution in [2.24, 2.45) is 4.99 Å². The van der Waals surface area contributed by atoms with Crippen molar-refractivity contribution in [1.29, 1.82) is 5.26 Å². The largest absolute Gasteiger partial charge is 0.458 e. The van der Waals surface area contributed by atoms with Gasteiger partial charge < -0.3 is 14.2 Å². The van der Waals surface area contributed by atoms with Crippen molar-refractivity contribution in [3.05, 3.63) is 51.8 Å². The molecule has 1 aromatic carbocycles. The Labute approximate surface area is 157 Å². The summed E-state index contributed by atoms with van der Waals surface area (Å²) < 4.78 is 56.2. The predicted octanol–water partition coefficient (Wildman–Crippen LogP) is 4.28. The summed E-state index contributed by atoms with van der Waals surface area (Å²) in [7, 11) is 0. The fourth-order valence-corrected chi connectivity index (χ4v) is 4.00. The fourth-order valence-electron chi connectivity index (χ4n) is 3.30. The van der Waals surface area contributed by atoms with Crippen molar-refractivity contribution in [3.63, 3.8) is 0 Å². The number of alkyl halides is 3. The first-order valence-electron chi connectivity index (χ1n) is 8.15. The first-order chi connectivity index (χ1) is 12.9. The van der Waals surface area contributed by atoms with E-state index in [0.717, 1.165) is 0 Å². The number of thioether (sulfide) groups is 1. The lowest BCUT2D eigenvalue weighted by atomic mass is 9.91. The van der Waals surface area contributed by atoms with Crippen LogP contribution in [0.3, 0.4) is 0 Å². The average Bonchev–Trinajstić information content (AvgIpc) is 3.25. The molecule has 1 spiro atoms. The van der Waals surface area contributed by atoms with E-state index in [4.69, 9.17) is 14.2 Å². The summed E-state index contributed by atoms with van der Waals surface area (Å²) in [6.07, 6.45) is 1.83. The molecule has 1 aromatic rings. The van der Waals surface area contributed by atoms with E-state index in [-0.39, 0.29) is 27.9 Å². The lowest BCUT2D eigenvalue weighted by molar-refractivity contribution is -0.132. The van der Waals surface area contributed by atoms with Crippen molar-refractivity contribution in [1.82, 2.24) is 0 Å². The van der Waals surface area contributed by atoms with Crippen LogP contribution in [0.1, 0.15) is 18.4 Å². The minimum atomic E-state index is -4.46. The van der Waals surface area contributed by atoms with Crippen LogP contribution in [-0.4, -0.2) is 30.7 Å². The van der Waals surface area contributed by atoms with Crippen molar-refractivity contribution in [2.45, 2.75) is 24.1 Å². The first kappa shape index (κ1) is 18.1. The molecule has 2 heterocycles. The number of rotatable bonds is 3. The number of hydrogen-bond donors (Lipinski definition) is 0. The molecule has 2 aliphatic heterocycles. The molecule has 9 heteroatoms. The minimum absolute atomic E-state index is 0.0613. The molecule has 3 aliphatic rings. The molecule has 1 aliphatic carbocycles. The van der Waals surface area contributed by atoms with Gasteiger partial charge in [-0.15, -0.1) is 0 Å². The van der Waals surface area contributed by atoms with E-state index in [0.29, 0.717) is 43.1 Å². The van der Waals surface area contributed by atoms with Crippen molar-refractivity contribution in [3.8, 4) is 11.8 Å². The molecule has 0 radical (unpaired) electrons. The smallest absolute Gasteiger partial charge is 0.446 e. The molecule has 140 valence electrons. The minimum Gasteiger partial charge on any atom is -0.458 e. The summed E-state index contributed by atoms with van der Waals surface area (Å²) in [5.74, 6) is -0.509. The molecule has 0 bridgehead atoms. The Morgan fingerprint density at radius 1 is 1.22 bits per heavy atom. The van der Waals surface area contributed by atoms with Gasteiger partial charge in [-0.2, -0.15) is 18.4 Å². The molecular weight excluding hydrogens is 381 g/mol. The second kappa shape index (κ2) is 6.71. The van der Waals surface area contributed by atoms with E-state index in [9.17, 15) is 18.4 Å². The third-order valence-electron chi connectivity index (χ3n) is 4.34. The van der Waals surface area contributed by atoms with Crippen LogP contribution in [0.25, 0.3) is 0 Å². The molecule has 4 rings (SSSR count). The molecule has 0 saturated carbocycles. The summed E-state index contributed by atoms with van der Waals surface area (Å²) in [6, 6.07) is 8.69. The van der Waals surface area contributed by atoms with E-state index in [1.807, 2.05) is 6.07 Å². The number of para-hydroxylation sites is 1. The van der Waals surface area contributed by atoms with Gasteiger partial charge in [0, 0.05) is 24.0 Å². The molecule has 0 aromatic heterocycles. The van der Waals surface area contributed by atoms with Crippen LogP contribution < -0.4 is 4.74 Å². The van der Waals surface area contributed by atoms with Gasteiger partial charge >= 0.3 is 5.51 Å². The van der Waals surface area contributed by atoms with Crippen molar-refractivity contribution >= 4 is 18.0 Å². The van der Waals surface area contributed by atoms with Gasteiger partial charge in [-0.3, -0.25) is 4.99 Å². The van der Waals surface area contributed by atoms with Crippen LogP contribution in [0.5, 0.6) is 5.75 Å². The zero-order chi connectivity index (χ0) is 19.1. The Balaban J connectivity index is 1.77. The maximum atomic E-state index is 13.0. The van der Waals surface area contributed by atoms with Crippen LogP contribution in [-0.2, 0) is 9.47 Å². The van der Waals surface area contributed by atoms with Crippen LogP contribution in [0.2, 0.25) is 0 Å². The molecule has 0 amide bonds. The summed E-state index contributed by atoms with van der Waals surface area (Å²) in [6.45, 7) is 0.600.